The van der Waals surface area contributed by atoms with Gasteiger partial charge in [-0.3, -0.25) is 4.79 Å². The van der Waals surface area contributed by atoms with Crippen molar-refractivity contribution < 1.29 is 4.79 Å². The number of hydrogen-bond acceptors (Lipinski definition) is 7. The molecule has 0 saturated carbocycles. The molecule has 3 heterocycles. The van der Waals surface area contributed by atoms with Gasteiger partial charge in [0.05, 0.1) is 26.5 Å². The van der Waals surface area contributed by atoms with Crippen molar-refractivity contribution >= 4 is 44.7 Å². The van der Waals surface area contributed by atoms with Gasteiger partial charge in [-0.25, -0.2) is 10.4 Å². The van der Waals surface area contributed by atoms with Gasteiger partial charge in [-0.2, -0.15) is 0 Å². The van der Waals surface area contributed by atoms with Gasteiger partial charge >= 0.3 is 0 Å². The molecule has 3 rings (SSSR count). The number of nitrogens with one attached hydrogen (secondary N) is 3. The second-order valence-electron chi connectivity index (χ2n) is 5.80. The quantitative estimate of drug-likeness (QED) is 0.603. The molecule has 0 aliphatic carbocycles. The van der Waals surface area contributed by atoms with E-state index in [1.165, 1.54) is 0 Å². The smallest absolute Gasteiger partial charge is 0.222 e. The lowest BCUT2D eigenvalue weighted by Crippen LogP contribution is -2.34. The fourth-order valence-corrected chi connectivity index (χ4v) is 3.91. The Morgan fingerprint density at radius 3 is 2.96 bits per heavy atom. The van der Waals surface area contributed by atoms with Gasteiger partial charge in [-0.15, -0.1) is 11.3 Å². The molecule has 0 spiro atoms. The first-order chi connectivity index (χ1) is 12.1. The number of fused-ring (bicyclic) bond motifs is 1. The third kappa shape index (κ3) is 3.85. The van der Waals surface area contributed by atoms with Crippen molar-refractivity contribution in [2.75, 3.05) is 37.2 Å². The third-order valence-electron chi connectivity index (χ3n) is 4.13. The molecule has 0 radical (unpaired) electrons. The van der Waals surface area contributed by atoms with Crippen molar-refractivity contribution in [3.8, 4) is 0 Å². The van der Waals surface area contributed by atoms with Crippen LogP contribution in [0.1, 0.15) is 25.1 Å². The number of likely N-dealkylation sites (N-methyl/N-ethyl adjacent to an activating group) is 1. The van der Waals surface area contributed by atoms with Crippen molar-refractivity contribution in [2.45, 2.75) is 20.3 Å². The number of pyridine rings is 1. The van der Waals surface area contributed by atoms with Crippen LogP contribution < -0.4 is 21.9 Å². The predicted molar refractivity (Wildman–Crippen MR) is 104 cm³/mol. The zero-order chi connectivity index (χ0) is 17.8. The zero-order valence-corrected chi connectivity index (χ0v) is 15.4. The van der Waals surface area contributed by atoms with Crippen LogP contribution in [0.25, 0.3) is 15.9 Å². The number of amides is 1. The molecule has 1 amide bonds. The molecule has 1 aliphatic rings. The molecule has 5 N–H and O–H groups in total. The van der Waals surface area contributed by atoms with E-state index < -0.39 is 0 Å². The molecular formula is C17H24N6OS. The van der Waals surface area contributed by atoms with Crippen LogP contribution in [-0.4, -0.2) is 42.0 Å². The number of anilines is 2. The number of thiophene rings is 1. The molecule has 2 aromatic heterocycles. The Bertz CT molecular complexity index is 800. The number of nitrogens with zero attached hydrogens (tertiary/aromatic N) is 2. The largest absolute Gasteiger partial charge is 0.384 e. The first kappa shape index (κ1) is 17.5. The molecule has 0 saturated heterocycles. The topological polar surface area (TPSA) is 95.3 Å². The Balaban J connectivity index is 1.77. The maximum atomic E-state index is 11.9. The summed E-state index contributed by atoms with van der Waals surface area (Å²) in [7, 11) is 0. The number of rotatable bonds is 7. The normalized spacial score (nSPS) is 13.6. The van der Waals surface area contributed by atoms with E-state index >= 15 is 0 Å². The number of hydrogen-bond donors (Lipinski definition) is 4. The van der Waals surface area contributed by atoms with Crippen LogP contribution in [0.4, 0.5) is 11.5 Å². The fourth-order valence-electron chi connectivity index (χ4n) is 2.83. The number of hydrazine groups is 1. The zero-order valence-electron chi connectivity index (χ0n) is 14.6. The highest BCUT2D eigenvalue weighted by molar-refractivity contribution is 7.20. The Labute approximate surface area is 151 Å². The van der Waals surface area contributed by atoms with E-state index in [4.69, 9.17) is 5.73 Å². The van der Waals surface area contributed by atoms with Crippen LogP contribution >= 0.6 is 11.3 Å². The SMILES string of the molecule is CCC(=O)N(CC)CCNc1cc(N)nc2cc(C3=CCNN3)sc12. The average molecular weight is 360 g/mol. The summed E-state index contributed by atoms with van der Waals surface area (Å²) in [4.78, 5) is 19.3. The lowest BCUT2D eigenvalue weighted by atomic mass is 10.3. The summed E-state index contributed by atoms with van der Waals surface area (Å²) in [5.41, 5.74) is 15.1. The average Bonchev–Trinajstić information content (AvgIpc) is 3.26. The Morgan fingerprint density at radius 1 is 1.44 bits per heavy atom. The highest BCUT2D eigenvalue weighted by Gasteiger charge is 2.14. The van der Waals surface area contributed by atoms with Gasteiger partial charge in [-0.05, 0) is 19.1 Å². The Kier molecular flexibility index (Phi) is 5.40. The van der Waals surface area contributed by atoms with Crippen molar-refractivity contribution in [3.05, 3.63) is 23.1 Å². The van der Waals surface area contributed by atoms with E-state index in [-0.39, 0.29) is 5.91 Å². The molecule has 0 aromatic carbocycles. The molecule has 1 aliphatic heterocycles. The van der Waals surface area contributed by atoms with Gasteiger partial charge in [0.2, 0.25) is 5.91 Å². The standard InChI is InChI=1S/C17H24N6OS/c1-3-16(24)23(4-2)8-7-19-12-10-15(18)21-13-9-14(25-17(12)13)11-5-6-20-22-11/h5,9-10,20,22H,3-4,6-8H2,1-2H3,(H3,18,19,21). The highest BCUT2D eigenvalue weighted by Crippen LogP contribution is 2.35. The van der Waals surface area contributed by atoms with Crippen LogP contribution in [-0.2, 0) is 4.79 Å². The monoisotopic (exact) mass is 360 g/mol. The summed E-state index contributed by atoms with van der Waals surface area (Å²) in [6, 6.07) is 3.90. The summed E-state index contributed by atoms with van der Waals surface area (Å²) in [6.45, 7) is 6.76. The Morgan fingerprint density at radius 2 is 2.28 bits per heavy atom. The molecular weight excluding hydrogens is 336 g/mol. The van der Waals surface area contributed by atoms with Crippen molar-refractivity contribution in [3.63, 3.8) is 0 Å². The summed E-state index contributed by atoms with van der Waals surface area (Å²) < 4.78 is 1.07. The molecule has 25 heavy (non-hydrogen) atoms. The van der Waals surface area contributed by atoms with Gasteiger partial charge in [-0.1, -0.05) is 6.92 Å². The lowest BCUT2D eigenvalue weighted by Gasteiger charge is -2.20. The number of carbonyl (C=O) groups is 1. The minimum Gasteiger partial charge on any atom is -0.384 e. The first-order valence-corrected chi connectivity index (χ1v) is 9.35. The molecule has 0 atom stereocenters. The van der Waals surface area contributed by atoms with Crippen molar-refractivity contribution in [1.82, 2.24) is 20.7 Å². The van der Waals surface area contributed by atoms with E-state index in [1.54, 1.807) is 11.3 Å². The van der Waals surface area contributed by atoms with Crippen LogP contribution in [0.2, 0.25) is 0 Å². The molecule has 134 valence electrons. The minimum atomic E-state index is 0.175. The summed E-state index contributed by atoms with van der Waals surface area (Å²) in [5.74, 6) is 0.664. The van der Waals surface area contributed by atoms with E-state index in [1.807, 2.05) is 30.9 Å². The summed E-state index contributed by atoms with van der Waals surface area (Å²) in [6.07, 6.45) is 2.64. The number of carbonyl (C=O) groups excluding carboxylic acids is 1. The maximum Gasteiger partial charge on any atom is 0.222 e. The first-order valence-electron chi connectivity index (χ1n) is 8.53. The number of aromatic nitrogens is 1. The van der Waals surface area contributed by atoms with Crippen LogP contribution in [0.5, 0.6) is 0 Å². The van der Waals surface area contributed by atoms with Gasteiger partial charge in [0.1, 0.15) is 5.82 Å². The second kappa shape index (κ2) is 7.71. The lowest BCUT2D eigenvalue weighted by molar-refractivity contribution is -0.130. The van der Waals surface area contributed by atoms with Gasteiger partial charge in [0.15, 0.2) is 0 Å². The van der Waals surface area contributed by atoms with Gasteiger partial charge in [0, 0.05) is 38.7 Å². The second-order valence-corrected chi connectivity index (χ2v) is 6.85. The van der Waals surface area contributed by atoms with Crippen molar-refractivity contribution in [1.29, 1.82) is 0 Å². The minimum absolute atomic E-state index is 0.175. The van der Waals surface area contributed by atoms with Crippen LogP contribution in [0.15, 0.2) is 18.2 Å². The van der Waals surface area contributed by atoms with Crippen molar-refractivity contribution in [2.24, 2.45) is 0 Å². The van der Waals surface area contributed by atoms with E-state index in [9.17, 15) is 4.79 Å². The molecule has 0 bridgehead atoms. The van der Waals surface area contributed by atoms with Crippen LogP contribution in [0.3, 0.4) is 0 Å². The van der Waals surface area contributed by atoms with Gasteiger partial charge < -0.3 is 21.4 Å². The summed E-state index contributed by atoms with van der Waals surface area (Å²) in [5, 5.41) is 3.42. The third-order valence-corrected chi connectivity index (χ3v) is 5.32. The van der Waals surface area contributed by atoms with Crippen LogP contribution in [0, 0.1) is 0 Å². The number of nitrogens with two attached hydrogens (primary N) is 1. The molecule has 0 unspecified atom stereocenters. The van der Waals surface area contributed by atoms with E-state index in [2.05, 4.69) is 27.2 Å². The van der Waals surface area contributed by atoms with E-state index in [0.29, 0.717) is 25.3 Å². The van der Waals surface area contributed by atoms with E-state index in [0.717, 1.165) is 39.6 Å². The Hall–Kier alpha value is -2.32. The molecule has 0 fully saturated rings. The molecule has 8 heteroatoms. The summed E-state index contributed by atoms with van der Waals surface area (Å²) >= 11 is 1.67. The highest BCUT2D eigenvalue weighted by atomic mass is 32.1. The maximum absolute atomic E-state index is 11.9. The molecule has 7 nitrogen and oxygen atoms in total. The van der Waals surface area contributed by atoms with Gasteiger partial charge in [0.25, 0.3) is 0 Å². The fraction of sp³-hybridized carbons (Fsp3) is 0.412. The number of nitrogen functional groups attached to an aromatic ring is 1. The molecule has 2 aromatic rings. The predicted octanol–water partition coefficient (Wildman–Crippen LogP) is 2.00.